The highest BCUT2D eigenvalue weighted by molar-refractivity contribution is 6.06. The van der Waals surface area contributed by atoms with Gasteiger partial charge in [0.1, 0.15) is 12.6 Å². The second-order valence-electron chi connectivity index (χ2n) is 6.70. The van der Waals surface area contributed by atoms with Crippen molar-refractivity contribution < 1.29 is 14.4 Å². The lowest BCUT2D eigenvalue weighted by Gasteiger charge is -2.35. The van der Waals surface area contributed by atoms with Gasteiger partial charge in [0.2, 0.25) is 5.91 Å². The normalized spacial score (nSPS) is 19.7. The number of fused-ring (bicyclic) bond motifs is 1. The van der Waals surface area contributed by atoms with Crippen molar-refractivity contribution in [1.29, 1.82) is 0 Å². The summed E-state index contributed by atoms with van der Waals surface area (Å²) in [6.45, 7) is 7.26. The molecule has 148 valence electrons. The Labute approximate surface area is 166 Å². The van der Waals surface area contributed by atoms with Crippen LogP contribution in [0.1, 0.15) is 19.4 Å². The molecular formula is C19H27ClN4O3. The minimum atomic E-state index is -0.482. The number of halogens is 1. The molecule has 0 saturated carbocycles. The van der Waals surface area contributed by atoms with Gasteiger partial charge in [0.25, 0.3) is 5.91 Å². The van der Waals surface area contributed by atoms with Gasteiger partial charge >= 0.3 is 6.03 Å². The van der Waals surface area contributed by atoms with Crippen molar-refractivity contribution in [3.8, 4) is 0 Å². The maximum absolute atomic E-state index is 12.7. The SMILES string of the molecule is CCN(CC)C(=O)CN1C(=O)C2CN(Cc3ccccc3)CCN2C1=O.Cl. The van der Waals surface area contributed by atoms with E-state index in [1.165, 1.54) is 5.56 Å². The smallest absolute Gasteiger partial charge is 0.328 e. The number of hydrogen-bond acceptors (Lipinski definition) is 4. The summed E-state index contributed by atoms with van der Waals surface area (Å²) in [6.07, 6.45) is 0. The molecule has 0 radical (unpaired) electrons. The number of piperazine rings is 1. The van der Waals surface area contributed by atoms with E-state index in [2.05, 4.69) is 17.0 Å². The third kappa shape index (κ3) is 4.42. The van der Waals surface area contributed by atoms with Crippen molar-refractivity contribution in [2.24, 2.45) is 0 Å². The van der Waals surface area contributed by atoms with Gasteiger partial charge in [0.15, 0.2) is 0 Å². The zero-order chi connectivity index (χ0) is 18.7. The summed E-state index contributed by atoms with van der Waals surface area (Å²) >= 11 is 0. The van der Waals surface area contributed by atoms with Crippen LogP contribution in [-0.4, -0.2) is 82.8 Å². The van der Waals surface area contributed by atoms with Gasteiger partial charge in [-0.25, -0.2) is 4.79 Å². The van der Waals surface area contributed by atoms with Crippen LogP contribution >= 0.6 is 12.4 Å². The maximum Gasteiger partial charge on any atom is 0.328 e. The van der Waals surface area contributed by atoms with Crippen LogP contribution in [0.4, 0.5) is 4.79 Å². The standard InChI is InChI=1S/C19H26N4O3.ClH/c1-3-21(4-2)17(24)14-23-18(25)16-13-20(10-11-22(16)19(23)26)12-15-8-6-5-7-9-15;/h5-9,16H,3-4,10-14H2,1-2H3;1H. The van der Waals surface area contributed by atoms with E-state index in [0.717, 1.165) is 18.0 Å². The Morgan fingerprint density at radius 2 is 1.78 bits per heavy atom. The molecule has 1 unspecified atom stereocenters. The number of imide groups is 1. The van der Waals surface area contributed by atoms with E-state index in [4.69, 9.17) is 0 Å². The van der Waals surface area contributed by atoms with Gasteiger partial charge in [0.05, 0.1) is 0 Å². The van der Waals surface area contributed by atoms with E-state index in [-0.39, 0.29) is 36.8 Å². The monoisotopic (exact) mass is 394 g/mol. The molecule has 0 aliphatic carbocycles. The largest absolute Gasteiger partial charge is 0.342 e. The van der Waals surface area contributed by atoms with Crippen molar-refractivity contribution in [1.82, 2.24) is 19.6 Å². The number of hydrogen-bond donors (Lipinski definition) is 0. The van der Waals surface area contributed by atoms with Crippen LogP contribution in [0.3, 0.4) is 0 Å². The van der Waals surface area contributed by atoms with E-state index in [1.807, 2.05) is 32.0 Å². The first kappa shape index (κ1) is 21.2. The predicted octanol–water partition coefficient (Wildman–Crippen LogP) is 1.43. The lowest BCUT2D eigenvalue weighted by molar-refractivity contribution is -0.137. The Morgan fingerprint density at radius 1 is 1.11 bits per heavy atom. The van der Waals surface area contributed by atoms with Crippen molar-refractivity contribution >= 4 is 30.3 Å². The van der Waals surface area contributed by atoms with E-state index in [1.54, 1.807) is 9.80 Å². The first-order chi connectivity index (χ1) is 12.5. The second kappa shape index (κ2) is 9.19. The van der Waals surface area contributed by atoms with Gasteiger partial charge in [-0.15, -0.1) is 12.4 Å². The summed E-state index contributed by atoms with van der Waals surface area (Å²) in [5, 5.41) is 0. The molecule has 3 rings (SSSR count). The summed E-state index contributed by atoms with van der Waals surface area (Å²) in [6, 6.07) is 9.27. The van der Waals surface area contributed by atoms with Gasteiger partial charge < -0.3 is 9.80 Å². The predicted molar refractivity (Wildman–Crippen MR) is 104 cm³/mol. The highest BCUT2D eigenvalue weighted by Crippen LogP contribution is 2.23. The molecule has 2 heterocycles. The second-order valence-corrected chi connectivity index (χ2v) is 6.70. The molecular weight excluding hydrogens is 368 g/mol. The third-order valence-electron chi connectivity index (χ3n) is 5.15. The van der Waals surface area contributed by atoms with Crippen LogP contribution in [0.2, 0.25) is 0 Å². The molecule has 0 bridgehead atoms. The first-order valence-electron chi connectivity index (χ1n) is 9.21. The topological polar surface area (TPSA) is 64.2 Å². The maximum atomic E-state index is 12.7. The van der Waals surface area contributed by atoms with Crippen LogP contribution in [0.15, 0.2) is 30.3 Å². The summed E-state index contributed by atoms with van der Waals surface area (Å²) in [7, 11) is 0. The fourth-order valence-corrected chi connectivity index (χ4v) is 3.65. The molecule has 7 nitrogen and oxygen atoms in total. The van der Waals surface area contributed by atoms with Crippen molar-refractivity contribution in [2.45, 2.75) is 26.4 Å². The molecule has 2 fully saturated rings. The fraction of sp³-hybridized carbons (Fsp3) is 0.526. The molecule has 0 spiro atoms. The summed E-state index contributed by atoms with van der Waals surface area (Å²) in [4.78, 5) is 44.2. The van der Waals surface area contributed by atoms with Gasteiger partial charge in [-0.1, -0.05) is 30.3 Å². The number of carbonyl (C=O) groups excluding carboxylic acids is 3. The molecule has 1 aromatic rings. The minimum absolute atomic E-state index is 0. The fourth-order valence-electron chi connectivity index (χ4n) is 3.65. The lowest BCUT2D eigenvalue weighted by atomic mass is 10.1. The van der Waals surface area contributed by atoms with Crippen molar-refractivity contribution in [3.05, 3.63) is 35.9 Å². The highest BCUT2D eigenvalue weighted by Gasteiger charge is 2.48. The average Bonchev–Trinajstić information content (AvgIpc) is 2.88. The van der Waals surface area contributed by atoms with Gasteiger partial charge in [0, 0.05) is 39.3 Å². The lowest BCUT2D eigenvalue weighted by Crippen LogP contribution is -2.52. The molecule has 4 amide bonds. The number of nitrogens with zero attached hydrogens (tertiary/aromatic N) is 4. The summed E-state index contributed by atoms with van der Waals surface area (Å²) in [5.74, 6) is -0.439. The van der Waals surface area contributed by atoms with E-state index < -0.39 is 6.04 Å². The van der Waals surface area contributed by atoms with Crippen LogP contribution in [-0.2, 0) is 16.1 Å². The van der Waals surface area contributed by atoms with Crippen molar-refractivity contribution in [3.63, 3.8) is 0 Å². The number of amides is 4. The molecule has 2 aliphatic heterocycles. The zero-order valence-corrected chi connectivity index (χ0v) is 16.7. The van der Waals surface area contributed by atoms with Gasteiger partial charge in [-0.05, 0) is 19.4 Å². The number of rotatable bonds is 6. The average molecular weight is 395 g/mol. The molecule has 2 saturated heterocycles. The minimum Gasteiger partial charge on any atom is -0.342 e. The van der Waals surface area contributed by atoms with Crippen LogP contribution in [0, 0.1) is 0 Å². The first-order valence-corrected chi connectivity index (χ1v) is 9.21. The molecule has 0 N–H and O–H groups in total. The third-order valence-corrected chi connectivity index (χ3v) is 5.15. The van der Waals surface area contributed by atoms with Gasteiger partial charge in [-0.3, -0.25) is 19.4 Å². The Bertz CT molecular complexity index is 681. The number of urea groups is 1. The van der Waals surface area contributed by atoms with E-state index in [9.17, 15) is 14.4 Å². The summed E-state index contributed by atoms with van der Waals surface area (Å²) in [5.41, 5.74) is 1.19. The molecule has 1 aromatic carbocycles. The number of likely N-dealkylation sites (N-methyl/N-ethyl adjacent to an activating group) is 1. The quantitative estimate of drug-likeness (QED) is 0.684. The number of benzene rings is 1. The summed E-state index contributed by atoms with van der Waals surface area (Å²) < 4.78 is 0. The molecule has 27 heavy (non-hydrogen) atoms. The van der Waals surface area contributed by atoms with E-state index >= 15 is 0 Å². The van der Waals surface area contributed by atoms with Crippen LogP contribution in [0.25, 0.3) is 0 Å². The Balaban J connectivity index is 0.00000261. The zero-order valence-electron chi connectivity index (χ0n) is 15.8. The highest BCUT2D eigenvalue weighted by atomic mass is 35.5. The van der Waals surface area contributed by atoms with Crippen LogP contribution < -0.4 is 0 Å². The van der Waals surface area contributed by atoms with Gasteiger partial charge in [-0.2, -0.15) is 0 Å². The molecule has 0 aromatic heterocycles. The molecule has 8 heteroatoms. The number of carbonyl (C=O) groups is 3. The molecule has 2 aliphatic rings. The van der Waals surface area contributed by atoms with Crippen LogP contribution in [0.5, 0.6) is 0 Å². The Hall–Kier alpha value is -2.12. The Morgan fingerprint density at radius 3 is 2.41 bits per heavy atom. The van der Waals surface area contributed by atoms with Crippen molar-refractivity contribution in [2.75, 3.05) is 39.3 Å². The van der Waals surface area contributed by atoms with E-state index in [0.29, 0.717) is 26.2 Å². The Kier molecular flexibility index (Phi) is 7.21. The molecule has 1 atom stereocenters.